The van der Waals surface area contributed by atoms with Gasteiger partial charge in [0.25, 0.3) is 0 Å². The molecule has 1 N–H and O–H groups in total. The van der Waals surface area contributed by atoms with Crippen molar-refractivity contribution in [1.82, 2.24) is 9.62 Å². The minimum Gasteiger partial charge on any atom is -0.454 e. The molecule has 30 heavy (non-hydrogen) atoms. The maximum Gasteiger partial charge on any atom is 0.240 e. The van der Waals surface area contributed by atoms with Crippen LogP contribution in [0.1, 0.15) is 30.9 Å². The number of nitrogens with one attached hydrogen (secondary N) is 1. The number of anilines is 1. The fourth-order valence-electron chi connectivity index (χ4n) is 4.00. The molecule has 2 aliphatic rings. The Morgan fingerprint density at radius 2 is 1.70 bits per heavy atom. The van der Waals surface area contributed by atoms with Crippen molar-refractivity contribution in [1.29, 1.82) is 0 Å². The van der Waals surface area contributed by atoms with Crippen LogP contribution < -0.4 is 19.1 Å². The molecule has 2 aromatic carbocycles. The average molecular weight is 432 g/mol. The molecule has 1 fully saturated rings. The monoisotopic (exact) mass is 431 g/mol. The van der Waals surface area contributed by atoms with Gasteiger partial charge in [0.05, 0.1) is 4.90 Å². The molecule has 0 radical (unpaired) electrons. The fraction of sp³-hybridized carbons (Fsp3) is 0.455. The lowest BCUT2D eigenvalue weighted by Gasteiger charge is -2.35. The molecule has 4 rings (SSSR count). The first-order valence-electron chi connectivity index (χ1n) is 10.3. The van der Waals surface area contributed by atoms with Crippen molar-refractivity contribution in [2.24, 2.45) is 0 Å². The zero-order chi connectivity index (χ0) is 21.1. The van der Waals surface area contributed by atoms with Crippen LogP contribution in [-0.4, -0.2) is 53.8 Å². The van der Waals surface area contributed by atoms with Crippen LogP contribution in [0.3, 0.4) is 0 Å². The Morgan fingerprint density at radius 1 is 1.00 bits per heavy atom. The van der Waals surface area contributed by atoms with E-state index >= 15 is 0 Å². The zero-order valence-electron chi connectivity index (χ0n) is 17.5. The maximum atomic E-state index is 13.0. The van der Waals surface area contributed by atoms with Crippen LogP contribution in [0.2, 0.25) is 0 Å². The van der Waals surface area contributed by atoms with Gasteiger partial charge in [-0.2, -0.15) is 0 Å². The van der Waals surface area contributed by atoms with Gasteiger partial charge in [-0.3, -0.25) is 4.90 Å². The van der Waals surface area contributed by atoms with Crippen molar-refractivity contribution < 1.29 is 17.9 Å². The van der Waals surface area contributed by atoms with Crippen LogP contribution >= 0.6 is 0 Å². The first-order chi connectivity index (χ1) is 14.4. The normalized spacial score (nSPS) is 17.7. The van der Waals surface area contributed by atoms with Gasteiger partial charge in [0.2, 0.25) is 16.8 Å². The Hall–Kier alpha value is -2.29. The third-order valence-corrected chi connectivity index (χ3v) is 7.17. The highest BCUT2D eigenvalue weighted by Gasteiger charge is 2.26. The molecule has 1 atom stereocenters. The van der Waals surface area contributed by atoms with E-state index in [1.165, 1.54) is 12.5 Å². The molecule has 2 aliphatic heterocycles. The summed E-state index contributed by atoms with van der Waals surface area (Å²) >= 11 is 0. The summed E-state index contributed by atoms with van der Waals surface area (Å²) in [5.41, 5.74) is 2.24. The molecule has 0 saturated carbocycles. The highest BCUT2D eigenvalue weighted by atomic mass is 32.2. The van der Waals surface area contributed by atoms with Crippen molar-refractivity contribution in [2.45, 2.75) is 30.2 Å². The number of ether oxygens (including phenoxy) is 2. The van der Waals surface area contributed by atoms with Gasteiger partial charge >= 0.3 is 0 Å². The quantitative estimate of drug-likeness (QED) is 0.727. The third kappa shape index (κ3) is 4.55. The molecule has 2 heterocycles. The molecule has 2 aromatic rings. The third-order valence-electron chi connectivity index (χ3n) is 5.75. The summed E-state index contributed by atoms with van der Waals surface area (Å²) in [5, 5.41) is 0. The van der Waals surface area contributed by atoms with Crippen LogP contribution in [0, 0.1) is 0 Å². The summed E-state index contributed by atoms with van der Waals surface area (Å²) in [6.45, 7) is 2.39. The first-order valence-corrected chi connectivity index (χ1v) is 11.8. The topological polar surface area (TPSA) is 71.1 Å². The first kappa shape index (κ1) is 21.0. The Morgan fingerprint density at radius 3 is 2.40 bits per heavy atom. The van der Waals surface area contributed by atoms with E-state index in [4.69, 9.17) is 9.47 Å². The molecule has 0 unspecified atom stereocenters. The zero-order valence-corrected chi connectivity index (χ0v) is 18.3. The number of nitrogens with zero attached hydrogens (tertiary/aromatic N) is 2. The Balaban J connectivity index is 1.53. The lowest BCUT2D eigenvalue weighted by Crippen LogP contribution is -2.40. The number of sulfonamides is 1. The largest absolute Gasteiger partial charge is 0.454 e. The summed E-state index contributed by atoms with van der Waals surface area (Å²) in [7, 11) is 0.355. The van der Waals surface area contributed by atoms with E-state index in [-0.39, 0.29) is 17.7 Å². The number of likely N-dealkylation sites (tertiary alicyclic amines) is 1. The van der Waals surface area contributed by atoms with E-state index < -0.39 is 10.0 Å². The molecular formula is C22H29N3O4S. The van der Waals surface area contributed by atoms with E-state index in [2.05, 4.69) is 38.8 Å². The molecule has 0 bridgehead atoms. The molecule has 1 saturated heterocycles. The number of hydrogen-bond acceptors (Lipinski definition) is 6. The molecule has 0 aromatic heterocycles. The van der Waals surface area contributed by atoms with Crippen molar-refractivity contribution >= 4 is 15.7 Å². The molecule has 0 aliphatic carbocycles. The van der Waals surface area contributed by atoms with E-state index in [9.17, 15) is 8.42 Å². The van der Waals surface area contributed by atoms with E-state index in [1.807, 2.05) is 14.1 Å². The van der Waals surface area contributed by atoms with Gasteiger partial charge in [-0.1, -0.05) is 18.6 Å². The van der Waals surface area contributed by atoms with Crippen molar-refractivity contribution in [3.8, 4) is 11.5 Å². The van der Waals surface area contributed by atoms with Crippen LogP contribution in [0.4, 0.5) is 5.69 Å². The van der Waals surface area contributed by atoms with Gasteiger partial charge in [-0.25, -0.2) is 13.1 Å². The maximum absolute atomic E-state index is 13.0. The van der Waals surface area contributed by atoms with E-state index in [0.29, 0.717) is 18.0 Å². The minimum atomic E-state index is -3.67. The van der Waals surface area contributed by atoms with Gasteiger partial charge in [-0.05, 0) is 55.8 Å². The van der Waals surface area contributed by atoms with Gasteiger partial charge < -0.3 is 14.4 Å². The number of benzene rings is 2. The van der Waals surface area contributed by atoms with Crippen molar-refractivity contribution in [3.05, 3.63) is 48.0 Å². The average Bonchev–Trinajstić information content (AvgIpc) is 3.23. The fourth-order valence-corrected chi connectivity index (χ4v) is 5.05. The SMILES string of the molecule is CN(C)c1ccc([C@@H](CNS(=O)(=O)c2ccc3c(c2)OCO3)N2CCCCC2)cc1. The molecule has 8 heteroatoms. The number of fused-ring (bicyclic) bond motifs is 1. The van der Waals surface area contributed by atoms with Crippen LogP contribution in [0.15, 0.2) is 47.4 Å². The Kier molecular flexibility index (Phi) is 6.17. The van der Waals surface area contributed by atoms with Gasteiger partial charge in [-0.15, -0.1) is 0 Å². The van der Waals surface area contributed by atoms with Crippen LogP contribution in [0.25, 0.3) is 0 Å². The predicted octanol–water partition coefficient (Wildman–Crippen LogP) is 2.99. The minimum absolute atomic E-state index is 0.00898. The summed E-state index contributed by atoms with van der Waals surface area (Å²) in [4.78, 5) is 4.63. The number of hydrogen-bond donors (Lipinski definition) is 1. The standard InChI is InChI=1S/C22H29N3O4S/c1-24(2)18-8-6-17(7-9-18)20(25-12-4-3-5-13-25)15-23-30(26,27)19-10-11-21-22(14-19)29-16-28-21/h6-11,14,20,23H,3-5,12-13,15-16H2,1-2H3/t20-/m1/s1. The second kappa shape index (κ2) is 8.83. The number of rotatable bonds is 7. The smallest absolute Gasteiger partial charge is 0.240 e. The van der Waals surface area contributed by atoms with E-state index in [0.717, 1.165) is 37.2 Å². The van der Waals surface area contributed by atoms with Gasteiger partial charge in [0.15, 0.2) is 11.5 Å². The number of piperidine rings is 1. The summed E-state index contributed by atoms with van der Waals surface area (Å²) in [6, 6.07) is 13.1. The van der Waals surface area contributed by atoms with E-state index in [1.54, 1.807) is 12.1 Å². The highest BCUT2D eigenvalue weighted by molar-refractivity contribution is 7.89. The Bertz CT molecular complexity index is 970. The summed E-state index contributed by atoms with van der Waals surface area (Å²) in [6.07, 6.45) is 3.51. The lowest BCUT2D eigenvalue weighted by molar-refractivity contribution is 0.164. The van der Waals surface area contributed by atoms with Crippen LogP contribution in [0.5, 0.6) is 11.5 Å². The molecule has 7 nitrogen and oxygen atoms in total. The summed E-state index contributed by atoms with van der Waals surface area (Å²) < 4.78 is 39.4. The van der Waals surface area contributed by atoms with Gasteiger partial charge in [0.1, 0.15) is 0 Å². The van der Waals surface area contributed by atoms with Gasteiger partial charge in [0, 0.05) is 38.4 Å². The molecular weight excluding hydrogens is 402 g/mol. The molecule has 0 amide bonds. The van der Waals surface area contributed by atoms with Crippen LogP contribution in [-0.2, 0) is 10.0 Å². The Labute approximate surface area is 178 Å². The summed E-state index contributed by atoms with van der Waals surface area (Å²) in [5.74, 6) is 1.03. The lowest BCUT2D eigenvalue weighted by atomic mass is 10.0. The molecule has 0 spiro atoms. The second-order valence-electron chi connectivity index (χ2n) is 7.97. The van der Waals surface area contributed by atoms with Crippen molar-refractivity contribution in [3.63, 3.8) is 0 Å². The second-order valence-corrected chi connectivity index (χ2v) is 9.73. The predicted molar refractivity (Wildman–Crippen MR) is 117 cm³/mol. The van der Waals surface area contributed by atoms with Crippen molar-refractivity contribution in [2.75, 3.05) is 45.4 Å². The molecule has 162 valence electrons. The highest BCUT2D eigenvalue weighted by Crippen LogP contribution is 2.34.